The number of amides is 1. The van der Waals surface area contributed by atoms with Gasteiger partial charge < -0.3 is 15.5 Å². The second-order valence-corrected chi connectivity index (χ2v) is 7.67. The Morgan fingerprint density at radius 1 is 1.29 bits per heavy atom. The van der Waals surface area contributed by atoms with Crippen molar-refractivity contribution in [2.75, 3.05) is 13.6 Å². The second kappa shape index (κ2) is 11.8. The van der Waals surface area contributed by atoms with Gasteiger partial charge in [0.2, 0.25) is 5.91 Å². The topological polar surface area (TPSA) is 99.9 Å². The summed E-state index contributed by atoms with van der Waals surface area (Å²) in [4.78, 5) is 28.9. The predicted molar refractivity (Wildman–Crippen MR) is 123 cm³/mol. The van der Waals surface area contributed by atoms with Crippen molar-refractivity contribution in [3.63, 3.8) is 0 Å². The molecule has 0 saturated carbocycles. The summed E-state index contributed by atoms with van der Waals surface area (Å²) in [6.07, 6.45) is 0.915. The molecule has 0 aliphatic rings. The molecule has 0 aliphatic heterocycles. The average molecular weight is 505 g/mol. The second-order valence-electron chi connectivity index (χ2n) is 7.67. The number of halogens is 1. The van der Waals surface area contributed by atoms with Crippen LogP contribution in [0.2, 0.25) is 0 Å². The zero-order chi connectivity index (χ0) is 20.6. The Hall–Kier alpha value is -1.91. The SMILES string of the molecule is CCC(C)NC(=NCc1ccc([N+](=O)[O-])cc1)N(C)CC(=O)NC(C)(C)C.I. The maximum absolute atomic E-state index is 12.2. The summed E-state index contributed by atoms with van der Waals surface area (Å²) in [5.74, 6) is 0.533. The lowest BCUT2D eigenvalue weighted by molar-refractivity contribution is -0.384. The molecule has 2 N–H and O–H groups in total. The molecule has 0 heterocycles. The van der Waals surface area contributed by atoms with E-state index in [-0.39, 0.29) is 53.7 Å². The molecule has 8 nitrogen and oxygen atoms in total. The zero-order valence-electron chi connectivity index (χ0n) is 17.5. The van der Waals surface area contributed by atoms with Gasteiger partial charge in [0.25, 0.3) is 5.69 Å². The van der Waals surface area contributed by atoms with E-state index in [9.17, 15) is 14.9 Å². The number of likely N-dealkylation sites (N-methyl/N-ethyl adjacent to an activating group) is 1. The van der Waals surface area contributed by atoms with Crippen LogP contribution in [0.3, 0.4) is 0 Å². The first-order valence-electron chi connectivity index (χ1n) is 9.08. The number of nitrogens with one attached hydrogen (secondary N) is 2. The van der Waals surface area contributed by atoms with Crippen molar-refractivity contribution in [3.05, 3.63) is 39.9 Å². The number of nitro groups is 1. The molecule has 1 unspecified atom stereocenters. The maximum atomic E-state index is 12.2. The Balaban J connectivity index is 0.00000729. The molecule has 1 aromatic carbocycles. The van der Waals surface area contributed by atoms with E-state index in [1.165, 1.54) is 12.1 Å². The number of carbonyl (C=O) groups is 1. The van der Waals surface area contributed by atoms with Crippen LogP contribution in [0.4, 0.5) is 5.69 Å². The molecule has 0 radical (unpaired) electrons. The Bertz CT molecular complexity index is 671. The quantitative estimate of drug-likeness (QED) is 0.195. The molecule has 158 valence electrons. The van der Waals surface area contributed by atoms with E-state index < -0.39 is 4.92 Å². The summed E-state index contributed by atoms with van der Waals surface area (Å²) < 4.78 is 0. The van der Waals surface area contributed by atoms with E-state index >= 15 is 0 Å². The van der Waals surface area contributed by atoms with Crippen LogP contribution in [0.25, 0.3) is 0 Å². The highest BCUT2D eigenvalue weighted by atomic mass is 127. The maximum Gasteiger partial charge on any atom is 0.269 e. The molecular weight excluding hydrogens is 473 g/mol. The molecule has 1 aromatic rings. The summed E-state index contributed by atoms with van der Waals surface area (Å²) in [5, 5.41) is 17.0. The highest BCUT2D eigenvalue weighted by Crippen LogP contribution is 2.12. The summed E-state index contributed by atoms with van der Waals surface area (Å²) in [5.41, 5.74) is 0.617. The predicted octanol–water partition coefficient (Wildman–Crippen LogP) is 3.30. The molecule has 1 amide bonds. The molecule has 1 rings (SSSR count). The van der Waals surface area contributed by atoms with Gasteiger partial charge in [0, 0.05) is 30.8 Å². The third-order valence-corrected chi connectivity index (χ3v) is 3.80. The number of carbonyl (C=O) groups excluding carboxylic acids is 1. The van der Waals surface area contributed by atoms with Gasteiger partial charge in [-0.2, -0.15) is 0 Å². The smallest absolute Gasteiger partial charge is 0.269 e. The van der Waals surface area contributed by atoms with E-state index in [4.69, 9.17) is 0 Å². The van der Waals surface area contributed by atoms with E-state index in [1.807, 2.05) is 34.7 Å². The van der Waals surface area contributed by atoms with Crippen molar-refractivity contribution >= 4 is 41.5 Å². The molecule has 0 bridgehead atoms. The van der Waals surface area contributed by atoms with E-state index in [1.54, 1.807) is 17.0 Å². The van der Waals surface area contributed by atoms with Crippen molar-refractivity contribution in [2.24, 2.45) is 4.99 Å². The van der Waals surface area contributed by atoms with Gasteiger partial charge in [0.1, 0.15) is 0 Å². The van der Waals surface area contributed by atoms with Crippen LogP contribution in [0.15, 0.2) is 29.3 Å². The Morgan fingerprint density at radius 3 is 2.32 bits per heavy atom. The van der Waals surface area contributed by atoms with Gasteiger partial charge in [-0.05, 0) is 39.7 Å². The van der Waals surface area contributed by atoms with Crippen LogP contribution >= 0.6 is 24.0 Å². The highest BCUT2D eigenvalue weighted by molar-refractivity contribution is 14.0. The normalized spacial score (nSPS) is 12.6. The monoisotopic (exact) mass is 505 g/mol. The number of benzene rings is 1. The molecule has 0 aromatic heterocycles. The number of rotatable bonds is 7. The number of guanidine groups is 1. The lowest BCUT2D eigenvalue weighted by atomic mass is 10.1. The number of aliphatic imine (C=N–C) groups is 1. The molecule has 28 heavy (non-hydrogen) atoms. The summed E-state index contributed by atoms with van der Waals surface area (Å²) in [7, 11) is 1.81. The Morgan fingerprint density at radius 2 is 1.86 bits per heavy atom. The van der Waals surface area contributed by atoms with Gasteiger partial charge in [0.15, 0.2) is 5.96 Å². The van der Waals surface area contributed by atoms with Gasteiger partial charge in [0.05, 0.1) is 18.0 Å². The minimum absolute atomic E-state index is 0. The summed E-state index contributed by atoms with van der Waals surface area (Å²) in [6.45, 7) is 10.5. The van der Waals surface area contributed by atoms with Gasteiger partial charge in [-0.25, -0.2) is 4.99 Å². The fourth-order valence-corrected chi connectivity index (χ4v) is 2.24. The lowest BCUT2D eigenvalue weighted by Crippen LogP contribution is -2.50. The minimum atomic E-state index is -0.426. The molecule has 0 saturated heterocycles. The number of non-ortho nitro benzene ring substituents is 1. The molecule has 0 fully saturated rings. The third kappa shape index (κ3) is 9.86. The lowest BCUT2D eigenvalue weighted by Gasteiger charge is -2.27. The highest BCUT2D eigenvalue weighted by Gasteiger charge is 2.17. The standard InChI is InChI=1S/C19H31N5O3.HI/c1-7-14(2)21-18(23(6)13-17(25)22-19(3,4)5)20-12-15-8-10-16(11-9-15)24(26)27;/h8-11,14H,7,12-13H2,1-6H3,(H,20,21)(H,22,25);1H. The molecular formula is C19H32IN5O3. The van der Waals surface area contributed by atoms with Crippen LogP contribution < -0.4 is 10.6 Å². The first-order chi connectivity index (χ1) is 12.5. The average Bonchev–Trinajstić information content (AvgIpc) is 2.56. The van der Waals surface area contributed by atoms with Crippen LogP contribution in [-0.4, -0.2) is 46.9 Å². The minimum Gasteiger partial charge on any atom is -0.354 e. The fraction of sp³-hybridized carbons (Fsp3) is 0.579. The van der Waals surface area contributed by atoms with Crippen molar-refractivity contribution in [1.82, 2.24) is 15.5 Å². The number of hydrogen-bond donors (Lipinski definition) is 2. The van der Waals surface area contributed by atoms with Crippen LogP contribution in [0.5, 0.6) is 0 Å². The first-order valence-corrected chi connectivity index (χ1v) is 9.08. The number of nitro benzene ring substituents is 1. The van der Waals surface area contributed by atoms with Crippen LogP contribution in [0, 0.1) is 10.1 Å². The van der Waals surface area contributed by atoms with Crippen molar-refractivity contribution in [3.8, 4) is 0 Å². The fourth-order valence-electron chi connectivity index (χ4n) is 2.24. The summed E-state index contributed by atoms with van der Waals surface area (Å²) in [6, 6.07) is 6.51. The molecule has 1 atom stereocenters. The van der Waals surface area contributed by atoms with Gasteiger partial charge in [-0.15, -0.1) is 24.0 Å². The van der Waals surface area contributed by atoms with Crippen molar-refractivity contribution in [2.45, 2.75) is 59.2 Å². The first kappa shape index (κ1) is 26.1. The van der Waals surface area contributed by atoms with Gasteiger partial charge in [-0.3, -0.25) is 14.9 Å². The van der Waals surface area contributed by atoms with E-state index in [0.717, 1.165) is 12.0 Å². The van der Waals surface area contributed by atoms with E-state index in [2.05, 4.69) is 22.5 Å². The largest absolute Gasteiger partial charge is 0.354 e. The van der Waals surface area contributed by atoms with Gasteiger partial charge >= 0.3 is 0 Å². The number of hydrogen-bond acceptors (Lipinski definition) is 4. The van der Waals surface area contributed by atoms with Crippen molar-refractivity contribution in [1.29, 1.82) is 0 Å². The van der Waals surface area contributed by atoms with E-state index in [0.29, 0.717) is 12.5 Å². The summed E-state index contributed by atoms with van der Waals surface area (Å²) >= 11 is 0. The molecule has 0 aliphatic carbocycles. The molecule has 0 spiro atoms. The Kier molecular flexibility index (Phi) is 11.0. The molecule has 9 heteroatoms. The van der Waals surface area contributed by atoms with Crippen LogP contribution in [0.1, 0.15) is 46.6 Å². The zero-order valence-corrected chi connectivity index (χ0v) is 19.8. The van der Waals surface area contributed by atoms with Gasteiger partial charge in [-0.1, -0.05) is 19.1 Å². The third-order valence-electron chi connectivity index (χ3n) is 3.80. The Labute approximate surface area is 184 Å². The van der Waals surface area contributed by atoms with Crippen molar-refractivity contribution < 1.29 is 9.72 Å². The number of nitrogens with zero attached hydrogens (tertiary/aromatic N) is 3. The van der Waals surface area contributed by atoms with Crippen LogP contribution in [-0.2, 0) is 11.3 Å².